The van der Waals surface area contributed by atoms with Gasteiger partial charge in [-0.3, -0.25) is 0 Å². The summed E-state index contributed by atoms with van der Waals surface area (Å²) in [6.45, 7) is 3.98. The van der Waals surface area contributed by atoms with Gasteiger partial charge in [0.05, 0.1) is 16.3 Å². The summed E-state index contributed by atoms with van der Waals surface area (Å²) in [6, 6.07) is 11.9. The summed E-state index contributed by atoms with van der Waals surface area (Å²) >= 11 is 5.95. The Balaban J connectivity index is 1.75. The van der Waals surface area contributed by atoms with Crippen molar-refractivity contribution in [1.82, 2.24) is 14.1 Å². The molecule has 0 aliphatic carbocycles. The summed E-state index contributed by atoms with van der Waals surface area (Å²) in [7, 11) is -3.76. The number of carbonyl (C=O) groups is 1. The first-order valence-corrected chi connectivity index (χ1v) is 11.2. The summed E-state index contributed by atoms with van der Waals surface area (Å²) in [5.41, 5.74) is 3.54. The van der Waals surface area contributed by atoms with Gasteiger partial charge in [0.2, 0.25) is 10.0 Å². The second kappa shape index (κ2) is 7.54. The number of hydrogen-bond acceptors (Lipinski definition) is 4. The van der Waals surface area contributed by atoms with E-state index in [0.29, 0.717) is 28.4 Å². The Morgan fingerprint density at radius 1 is 1.10 bits per heavy atom. The number of carboxylic acid groups (broad SMARTS) is 1. The Morgan fingerprint density at radius 2 is 1.80 bits per heavy atom. The number of halogens is 1. The smallest absolute Gasteiger partial charge is 0.356 e. The molecule has 2 heterocycles. The van der Waals surface area contributed by atoms with Crippen LogP contribution in [0.4, 0.5) is 0 Å². The van der Waals surface area contributed by atoms with Crippen LogP contribution in [0, 0.1) is 13.8 Å². The number of aryl methyl sites for hydroxylation is 2. The van der Waals surface area contributed by atoms with E-state index in [2.05, 4.69) is 5.10 Å². The van der Waals surface area contributed by atoms with Gasteiger partial charge in [-0.25, -0.2) is 17.9 Å². The lowest BCUT2D eigenvalue weighted by molar-refractivity contribution is 0.0688. The van der Waals surface area contributed by atoms with E-state index in [-0.39, 0.29) is 23.7 Å². The van der Waals surface area contributed by atoms with Gasteiger partial charge in [0.15, 0.2) is 5.69 Å². The van der Waals surface area contributed by atoms with E-state index >= 15 is 0 Å². The predicted octanol–water partition coefficient (Wildman–Crippen LogP) is 3.59. The second-order valence-corrected chi connectivity index (χ2v) is 9.68. The van der Waals surface area contributed by atoms with E-state index in [0.717, 1.165) is 11.1 Å². The fraction of sp³-hybridized carbons (Fsp3) is 0.238. The van der Waals surface area contributed by atoms with Crippen molar-refractivity contribution in [2.24, 2.45) is 0 Å². The molecule has 1 aliphatic rings. The molecule has 9 heteroatoms. The maximum Gasteiger partial charge on any atom is 0.356 e. The molecule has 0 bridgehead atoms. The number of aromatic nitrogens is 2. The predicted molar refractivity (Wildman–Crippen MR) is 113 cm³/mol. The number of hydrogen-bond donors (Lipinski definition) is 1. The van der Waals surface area contributed by atoms with Gasteiger partial charge in [0.1, 0.15) is 0 Å². The zero-order valence-electron chi connectivity index (χ0n) is 16.5. The highest BCUT2D eigenvalue weighted by molar-refractivity contribution is 7.89. The molecule has 1 aromatic heterocycles. The maximum absolute atomic E-state index is 13.2. The Hall–Kier alpha value is -2.68. The molecule has 0 fully saturated rings. The summed E-state index contributed by atoms with van der Waals surface area (Å²) in [5, 5.41) is 14.5. The van der Waals surface area contributed by atoms with Crippen molar-refractivity contribution in [3.05, 3.63) is 75.6 Å². The Labute approximate surface area is 179 Å². The summed E-state index contributed by atoms with van der Waals surface area (Å²) < 4.78 is 29.3. The lowest BCUT2D eigenvalue weighted by Crippen LogP contribution is -2.36. The normalized spacial score (nSPS) is 14.5. The molecule has 0 unspecified atom stereocenters. The minimum Gasteiger partial charge on any atom is -0.476 e. The van der Waals surface area contributed by atoms with Crippen LogP contribution in [0.3, 0.4) is 0 Å². The highest BCUT2D eigenvalue weighted by Crippen LogP contribution is 2.30. The molecule has 0 amide bonds. The van der Waals surface area contributed by atoms with Crippen molar-refractivity contribution in [2.45, 2.75) is 31.7 Å². The first kappa shape index (κ1) is 20.6. The lowest BCUT2D eigenvalue weighted by Gasteiger charge is -2.27. The van der Waals surface area contributed by atoms with Crippen LogP contribution >= 0.6 is 11.6 Å². The number of sulfonamides is 1. The van der Waals surface area contributed by atoms with Crippen LogP contribution in [-0.2, 0) is 23.0 Å². The van der Waals surface area contributed by atoms with Crippen molar-refractivity contribution in [1.29, 1.82) is 0 Å². The minimum absolute atomic E-state index is 0.0419. The van der Waals surface area contributed by atoms with Crippen LogP contribution in [0.25, 0.3) is 5.69 Å². The molecule has 2 aromatic carbocycles. The molecule has 30 heavy (non-hydrogen) atoms. The Kier molecular flexibility index (Phi) is 5.17. The molecule has 1 aliphatic heterocycles. The highest BCUT2D eigenvalue weighted by Gasteiger charge is 2.34. The highest BCUT2D eigenvalue weighted by atomic mass is 35.5. The van der Waals surface area contributed by atoms with Gasteiger partial charge in [-0.1, -0.05) is 17.7 Å². The molecular formula is C21H20ClN3O4S. The molecule has 0 saturated carbocycles. The lowest BCUT2D eigenvalue weighted by atomic mass is 10.1. The van der Waals surface area contributed by atoms with Crippen LogP contribution < -0.4 is 0 Å². The van der Waals surface area contributed by atoms with Crippen molar-refractivity contribution in [2.75, 3.05) is 6.54 Å². The first-order chi connectivity index (χ1) is 14.2. The maximum atomic E-state index is 13.2. The topological polar surface area (TPSA) is 92.5 Å². The third kappa shape index (κ3) is 3.51. The van der Waals surface area contributed by atoms with E-state index in [4.69, 9.17) is 11.6 Å². The standard InChI is InChI=1S/C21H20ClN3O4S/c1-13-3-8-17(11-14(13)2)30(28,29)24-10-9-19-18(12-24)20(21(26)27)23-25(19)16-6-4-15(22)5-7-16/h3-8,11H,9-10,12H2,1-2H3,(H,26,27). The first-order valence-electron chi connectivity index (χ1n) is 9.36. The minimum atomic E-state index is -3.76. The SMILES string of the molecule is Cc1ccc(S(=O)(=O)N2CCc3c(c(C(=O)O)nn3-c3ccc(Cl)cc3)C2)cc1C. The fourth-order valence-corrected chi connectivity index (χ4v) is 5.21. The van der Waals surface area contributed by atoms with Crippen LogP contribution in [0.15, 0.2) is 47.4 Å². The molecule has 0 spiro atoms. The van der Waals surface area contributed by atoms with Crippen LogP contribution in [0.5, 0.6) is 0 Å². The molecule has 0 radical (unpaired) electrons. The monoisotopic (exact) mass is 445 g/mol. The van der Waals surface area contributed by atoms with Crippen molar-refractivity contribution >= 4 is 27.6 Å². The number of fused-ring (bicyclic) bond motifs is 1. The average Bonchev–Trinajstić information content (AvgIpc) is 3.10. The Morgan fingerprint density at radius 3 is 2.43 bits per heavy atom. The molecule has 7 nitrogen and oxygen atoms in total. The van der Waals surface area contributed by atoms with Crippen molar-refractivity contribution < 1.29 is 18.3 Å². The zero-order chi connectivity index (χ0) is 21.6. The molecule has 0 atom stereocenters. The molecule has 3 aromatic rings. The van der Waals surface area contributed by atoms with Crippen molar-refractivity contribution in [3.8, 4) is 5.69 Å². The van der Waals surface area contributed by atoms with Gasteiger partial charge in [-0.05, 0) is 61.4 Å². The number of benzene rings is 2. The largest absolute Gasteiger partial charge is 0.476 e. The van der Waals surface area contributed by atoms with E-state index in [1.165, 1.54) is 4.31 Å². The van der Waals surface area contributed by atoms with E-state index in [1.54, 1.807) is 47.1 Å². The fourth-order valence-electron chi connectivity index (χ4n) is 3.59. The summed E-state index contributed by atoms with van der Waals surface area (Å²) in [4.78, 5) is 12.0. The summed E-state index contributed by atoms with van der Waals surface area (Å²) in [5.74, 6) is -1.19. The Bertz CT molecular complexity index is 1250. The number of aromatic carboxylic acids is 1. The van der Waals surface area contributed by atoms with Crippen molar-refractivity contribution in [3.63, 3.8) is 0 Å². The molecule has 1 N–H and O–H groups in total. The molecule has 156 valence electrons. The molecule has 4 rings (SSSR count). The van der Waals surface area contributed by atoms with Crippen LogP contribution in [0.2, 0.25) is 5.02 Å². The van der Waals surface area contributed by atoms with Crippen LogP contribution in [0.1, 0.15) is 32.9 Å². The average molecular weight is 446 g/mol. The van der Waals surface area contributed by atoms with Gasteiger partial charge in [0, 0.05) is 30.1 Å². The third-order valence-corrected chi connectivity index (χ3v) is 7.51. The number of rotatable bonds is 4. The van der Waals surface area contributed by atoms with Gasteiger partial charge in [0.25, 0.3) is 0 Å². The van der Waals surface area contributed by atoms with Gasteiger partial charge < -0.3 is 5.11 Å². The third-order valence-electron chi connectivity index (χ3n) is 5.41. The molecule has 0 saturated heterocycles. The van der Waals surface area contributed by atoms with E-state index in [9.17, 15) is 18.3 Å². The van der Waals surface area contributed by atoms with E-state index in [1.807, 2.05) is 13.8 Å². The number of carboxylic acids is 1. The van der Waals surface area contributed by atoms with Gasteiger partial charge >= 0.3 is 5.97 Å². The van der Waals surface area contributed by atoms with Gasteiger partial charge in [-0.2, -0.15) is 9.40 Å². The van der Waals surface area contributed by atoms with E-state index < -0.39 is 16.0 Å². The zero-order valence-corrected chi connectivity index (χ0v) is 18.0. The second-order valence-electron chi connectivity index (χ2n) is 7.30. The van der Waals surface area contributed by atoms with Gasteiger partial charge in [-0.15, -0.1) is 0 Å². The molecular weight excluding hydrogens is 426 g/mol. The summed E-state index contributed by atoms with van der Waals surface area (Å²) in [6.07, 6.45) is 0.350. The number of nitrogens with zero attached hydrogens (tertiary/aromatic N) is 3. The van der Waals surface area contributed by atoms with Crippen LogP contribution in [-0.4, -0.2) is 40.1 Å². The quantitative estimate of drug-likeness (QED) is 0.662.